The zero-order valence-electron chi connectivity index (χ0n) is 17.7. The zero-order chi connectivity index (χ0) is 22.6. The molecular weight excluding hydrogens is 421 g/mol. The van der Waals surface area contributed by atoms with Crippen LogP contribution in [0.1, 0.15) is 23.1 Å². The molecule has 0 atom stereocenters. The Morgan fingerprint density at radius 3 is 2.50 bits per heavy atom. The Bertz CT molecular complexity index is 1030. The van der Waals surface area contributed by atoms with E-state index in [1.807, 2.05) is 24.3 Å². The number of benzene rings is 2. The SMILES string of the molecule is COc1ccc2nccc(CC[C@H]3OC[C@H](NCc4ccc(C(F)(F)F)cc4)CO3)c2c1. The average Bonchev–Trinajstić information content (AvgIpc) is 2.81. The summed E-state index contributed by atoms with van der Waals surface area (Å²) in [7, 11) is 1.64. The first kappa shape index (κ1) is 22.5. The fourth-order valence-corrected chi connectivity index (χ4v) is 3.70. The highest BCUT2D eigenvalue weighted by Gasteiger charge is 2.30. The lowest BCUT2D eigenvalue weighted by atomic mass is 10.0. The summed E-state index contributed by atoms with van der Waals surface area (Å²) in [6.45, 7) is 1.41. The van der Waals surface area contributed by atoms with Gasteiger partial charge >= 0.3 is 6.18 Å². The van der Waals surface area contributed by atoms with Gasteiger partial charge in [-0.1, -0.05) is 12.1 Å². The molecule has 1 fully saturated rings. The van der Waals surface area contributed by atoms with E-state index in [2.05, 4.69) is 10.3 Å². The molecule has 0 radical (unpaired) electrons. The van der Waals surface area contributed by atoms with Gasteiger partial charge in [0.2, 0.25) is 0 Å². The van der Waals surface area contributed by atoms with Crippen LogP contribution in [0.25, 0.3) is 10.9 Å². The lowest BCUT2D eigenvalue weighted by molar-refractivity contribution is -0.192. The number of methoxy groups -OCH3 is 1. The van der Waals surface area contributed by atoms with Gasteiger partial charge in [-0.05, 0) is 53.9 Å². The fraction of sp³-hybridized carbons (Fsp3) is 0.375. The number of nitrogens with one attached hydrogen (secondary N) is 1. The topological polar surface area (TPSA) is 52.6 Å². The van der Waals surface area contributed by atoms with Gasteiger partial charge in [0.05, 0.1) is 37.4 Å². The van der Waals surface area contributed by atoms with Crippen LogP contribution in [-0.4, -0.2) is 37.6 Å². The summed E-state index contributed by atoms with van der Waals surface area (Å²) >= 11 is 0. The van der Waals surface area contributed by atoms with Crippen molar-refractivity contribution < 1.29 is 27.4 Å². The molecule has 0 aliphatic carbocycles. The summed E-state index contributed by atoms with van der Waals surface area (Å²) < 4.78 is 55.0. The Morgan fingerprint density at radius 2 is 1.81 bits per heavy atom. The summed E-state index contributed by atoms with van der Waals surface area (Å²) in [5, 5.41) is 4.33. The van der Waals surface area contributed by atoms with Gasteiger partial charge < -0.3 is 19.5 Å². The Labute approximate surface area is 184 Å². The number of aromatic nitrogens is 1. The van der Waals surface area contributed by atoms with E-state index >= 15 is 0 Å². The molecule has 0 amide bonds. The van der Waals surface area contributed by atoms with E-state index in [0.29, 0.717) is 26.2 Å². The Balaban J connectivity index is 1.24. The third kappa shape index (κ3) is 5.56. The first-order chi connectivity index (χ1) is 15.4. The van der Waals surface area contributed by atoms with Crippen molar-refractivity contribution in [2.45, 2.75) is 37.9 Å². The monoisotopic (exact) mass is 446 g/mol. The third-order valence-corrected chi connectivity index (χ3v) is 5.53. The van der Waals surface area contributed by atoms with Crippen molar-refractivity contribution in [1.29, 1.82) is 0 Å². The van der Waals surface area contributed by atoms with Crippen LogP contribution in [0, 0.1) is 0 Å². The van der Waals surface area contributed by atoms with Gasteiger partial charge in [-0.3, -0.25) is 4.98 Å². The maximum Gasteiger partial charge on any atom is 0.416 e. The molecule has 1 N–H and O–H groups in total. The minimum atomic E-state index is -4.32. The molecule has 32 heavy (non-hydrogen) atoms. The van der Waals surface area contributed by atoms with E-state index < -0.39 is 11.7 Å². The molecule has 170 valence electrons. The lowest BCUT2D eigenvalue weighted by Crippen LogP contribution is -2.44. The second kappa shape index (κ2) is 9.85. The number of alkyl halides is 3. The van der Waals surface area contributed by atoms with Crippen molar-refractivity contribution in [3.05, 3.63) is 71.4 Å². The summed E-state index contributed by atoms with van der Waals surface area (Å²) in [5.74, 6) is 0.791. The smallest absolute Gasteiger partial charge is 0.416 e. The molecular formula is C24H25F3N2O3. The molecule has 4 rings (SSSR count). The second-order valence-electron chi connectivity index (χ2n) is 7.76. The number of rotatable bonds is 7. The Hall–Kier alpha value is -2.68. The molecule has 2 aromatic carbocycles. The summed E-state index contributed by atoms with van der Waals surface area (Å²) in [5.41, 5.74) is 2.21. The number of aryl methyl sites for hydroxylation is 1. The van der Waals surface area contributed by atoms with Gasteiger partial charge in [0, 0.05) is 24.5 Å². The Morgan fingerprint density at radius 1 is 1.06 bits per heavy atom. The molecule has 1 saturated heterocycles. The van der Waals surface area contributed by atoms with Crippen LogP contribution in [-0.2, 0) is 28.6 Å². The Kier molecular flexibility index (Phi) is 6.93. The highest BCUT2D eigenvalue weighted by atomic mass is 19.4. The first-order valence-electron chi connectivity index (χ1n) is 10.5. The molecule has 0 spiro atoms. The predicted molar refractivity (Wildman–Crippen MR) is 114 cm³/mol. The van der Waals surface area contributed by atoms with E-state index in [1.165, 1.54) is 12.1 Å². The van der Waals surface area contributed by atoms with Crippen LogP contribution >= 0.6 is 0 Å². The number of hydrogen-bond donors (Lipinski definition) is 1. The van der Waals surface area contributed by atoms with E-state index in [-0.39, 0.29) is 12.3 Å². The predicted octanol–water partition coefficient (Wildman–Crippen LogP) is 4.73. The molecule has 1 aromatic heterocycles. The van der Waals surface area contributed by atoms with Crippen LogP contribution in [0.15, 0.2) is 54.7 Å². The lowest BCUT2D eigenvalue weighted by Gasteiger charge is -2.30. The number of hydrogen-bond acceptors (Lipinski definition) is 5. The van der Waals surface area contributed by atoms with Crippen LogP contribution < -0.4 is 10.1 Å². The largest absolute Gasteiger partial charge is 0.497 e. The maximum atomic E-state index is 12.7. The first-order valence-corrected chi connectivity index (χ1v) is 10.5. The summed E-state index contributed by atoms with van der Waals surface area (Å²) in [4.78, 5) is 4.40. The number of fused-ring (bicyclic) bond motifs is 1. The highest BCUT2D eigenvalue weighted by molar-refractivity contribution is 5.83. The van der Waals surface area contributed by atoms with E-state index in [9.17, 15) is 13.2 Å². The van der Waals surface area contributed by atoms with Gasteiger partial charge in [-0.25, -0.2) is 0 Å². The standard InChI is InChI=1S/C24H25F3N2O3/c1-30-20-7-8-22-21(12-20)17(10-11-28-22)4-9-23-31-14-19(15-32-23)29-13-16-2-5-18(6-3-16)24(25,26)27/h2-3,5-8,10-12,19,23,29H,4,9,13-15H2,1H3/t19-,23-. The van der Waals surface area contributed by atoms with E-state index in [0.717, 1.165) is 46.3 Å². The average molecular weight is 446 g/mol. The van der Waals surface area contributed by atoms with Crippen molar-refractivity contribution >= 4 is 10.9 Å². The van der Waals surface area contributed by atoms with Gasteiger partial charge in [0.15, 0.2) is 6.29 Å². The molecule has 0 bridgehead atoms. The van der Waals surface area contributed by atoms with Gasteiger partial charge in [0.25, 0.3) is 0 Å². The maximum absolute atomic E-state index is 12.7. The number of nitrogens with zero attached hydrogens (tertiary/aromatic N) is 1. The molecule has 0 saturated carbocycles. The van der Waals surface area contributed by atoms with Gasteiger partial charge in [-0.2, -0.15) is 13.2 Å². The molecule has 1 aliphatic rings. The van der Waals surface area contributed by atoms with E-state index in [4.69, 9.17) is 14.2 Å². The summed E-state index contributed by atoms with van der Waals surface area (Å²) in [6.07, 6.45) is -1.33. The zero-order valence-corrected chi connectivity index (χ0v) is 17.7. The normalized spacial score (nSPS) is 19.2. The molecule has 3 aromatic rings. The quantitative estimate of drug-likeness (QED) is 0.569. The van der Waals surface area contributed by atoms with Gasteiger partial charge in [-0.15, -0.1) is 0 Å². The van der Waals surface area contributed by atoms with Crippen molar-refractivity contribution in [2.75, 3.05) is 20.3 Å². The van der Waals surface area contributed by atoms with Crippen molar-refractivity contribution in [3.63, 3.8) is 0 Å². The number of pyridine rings is 1. The highest BCUT2D eigenvalue weighted by Crippen LogP contribution is 2.29. The van der Waals surface area contributed by atoms with Crippen molar-refractivity contribution in [3.8, 4) is 5.75 Å². The third-order valence-electron chi connectivity index (χ3n) is 5.53. The van der Waals surface area contributed by atoms with Crippen LogP contribution in [0.2, 0.25) is 0 Å². The van der Waals surface area contributed by atoms with Crippen molar-refractivity contribution in [2.24, 2.45) is 0 Å². The molecule has 8 heteroatoms. The second-order valence-corrected chi connectivity index (χ2v) is 7.76. The minimum absolute atomic E-state index is 0.0143. The molecule has 0 unspecified atom stereocenters. The van der Waals surface area contributed by atoms with Crippen LogP contribution in [0.4, 0.5) is 13.2 Å². The number of halogens is 3. The van der Waals surface area contributed by atoms with Crippen LogP contribution in [0.3, 0.4) is 0 Å². The van der Waals surface area contributed by atoms with Crippen molar-refractivity contribution in [1.82, 2.24) is 10.3 Å². The number of ether oxygens (including phenoxy) is 3. The van der Waals surface area contributed by atoms with Crippen LogP contribution in [0.5, 0.6) is 5.75 Å². The molecule has 1 aliphatic heterocycles. The van der Waals surface area contributed by atoms with E-state index in [1.54, 1.807) is 13.3 Å². The molecule has 2 heterocycles. The molecule has 5 nitrogen and oxygen atoms in total. The summed E-state index contributed by atoms with van der Waals surface area (Å²) in [6, 6.07) is 13.0. The fourth-order valence-electron chi connectivity index (χ4n) is 3.70. The minimum Gasteiger partial charge on any atom is -0.497 e. The van der Waals surface area contributed by atoms with Gasteiger partial charge in [0.1, 0.15) is 5.75 Å².